The quantitative estimate of drug-likeness (QED) is 0.594. The molecule has 27 heavy (non-hydrogen) atoms. The fraction of sp³-hybridized carbons (Fsp3) is 0.222. The van der Waals surface area contributed by atoms with Gasteiger partial charge in [0.15, 0.2) is 11.0 Å². The lowest BCUT2D eigenvalue weighted by atomic mass is 10.2. The Balaban J connectivity index is 1.41. The lowest BCUT2D eigenvalue weighted by molar-refractivity contribution is -0.113. The summed E-state index contributed by atoms with van der Waals surface area (Å²) in [5.74, 6) is 0.462. The van der Waals surface area contributed by atoms with Gasteiger partial charge in [-0.2, -0.15) is 0 Å². The summed E-state index contributed by atoms with van der Waals surface area (Å²) < 4.78 is 2.14. The van der Waals surface area contributed by atoms with Crippen LogP contribution < -0.4 is 11.1 Å². The third kappa shape index (κ3) is 4.04. The van der Waals surface area contributed by atoms with E-state index in [-0.39, 0.29) is 11.7 Å². The summed E-state index contributed by atoms with van der Waals surface area (Å²) in [5, 5.41) is 14.2. The van der Waals surface area contributed by atoms with Crippen LogP contribution in [-0.4, -0.2) is 32.3 Å². The van der Waals surface area contributed by atoms with E-state index in [0.29, 0.717) is 17.3 Å². The molecule has 138 valence electrons. The minimum Gasteiger partial charge on any atom is -0.366 e. The van der Waals surface area contributed by atoms with E-state index in [2.05, 4.69) is 20.1 Å². The molecule has 0 saturated heterocycles. The molecule has 1 saturated carbocycles. The van der Waals surface area contributed by atoms with Crippen LogP contribution in [0.1, 0.15) is 29.2 Å². The highest BCUT2D eigenvalue weighted by atomic mass is 32.2. The van der Waals surface area contributed by atoms with Gasteiger partial charge in [0, 0.05) is 17.3 Å². The zero-order valence-electron chi connectivity index (χ0n) is 14.3. The lowest BCUT2D eigenvalue weighted by Crippen LogP contribution is -2.15. The summed E-state index contributed by atoms with van der Waals surface area (Å²) >= 11 is 3.01. The van der Waals surface area contributed by atoms with Crippen LogP contribution in [0.5, 0.6) is 0 Å². The number of thioether (sulfide) groups is 1. The Labute approximate surface area is 164 Å². The van der Waals surface area contributed by atoms with Crippen LogP contribution in [0.2, 0.25) is 0 Å². The molecule has 2 amide bonds. The van der Waals surface area contributed by atoms with E-state index in [1.165, 1.54) is 11.8 Å². The average Bonchev–Trinajstić information content (AvgIpc) is 3.18. The Morgan fingerprint density at radius 1 is 1.22 bits per heavy atom. The van der Waals surface area contributed by atoms with Crippen molar-refractivity contribution in [2.24, 2.45) is 5.73 Å². The Hall–Kier alpha value is -2.65. The molecule has 0 bridgehead atoms. The van der Waals surface area contributed by atoms with Gasteiger partial charge in [-0.1, -0.05) is 17.8 Å². The van der Waals surface area contributed by atoms with E-state index in [0.717, 1.165) is 28.7 Å². The number of amides is 2. The van der Waals surface area contributed by atoms with Gasteiger partial charge in [-0.3, -0.25) is 14.2 Å². The molecule has 0 atom stereocenters. The first kappa shape index (κ1) is 17.7. The number of benzene rings is 1. The van der Waals surface area contributed by atoms with Crippen LogP contribution >= 0.6 is 23.1 Å². The van der Waals surface area contributed by atoms with Crippen LogP contribution in [0, 0.1) is 0 Å². The van der Waals surface area contributed by atoms with Gasteiger partial charge < -0.3 is 11.1 Å². The largest absolute Gasteiger partial charge is 0.366 e. The molecule has 4 rings (SSSR count). The third-order valence-corrected chi connectivity index (χ3v) is 5.91. The summed E-state index contributed by atoms with van der Waals surface area (Å²) in [5.41, 5.74) is 6.24. The Morgan fingerprint density at radius 2 is 2.00 bits per heavy atom. The fourth-order valence-corrected chi connectivity index (χ4v) is 4.17. The minimum atomic E-state index is -0.496. The molecule has 2 heterocycles. The SMILES string of the molecule is NC(=O)c1ccc(NC(=O)CSc2nnc(-c3cccs3)n2C2CC2)cc1. The Kier molecular flexibility index (Phi) is 4.95. The third-order valence-electron chi connectivity index (χ3n) is 4.10. The predicted molar refractivity (Wildman–Crippen MR) is 106 cm³/mol. The number of thiophene rings is 1. The van der Waals surface area contributed by atoms with Gasteiger partial charge in [0.25, 0.3) is 0 Å². The maximum Gasteiger partial charge on any atom is 0.248 e. The van der Waals surface area contributed by atoms with E-state index in [1.54, 1.807) is 35.6 Å². The molecule has 0 aliphatic heterocycles. The van der Waals surface area contributed by atoms with Crippen molar-refractivity contribution in [1.82, 2.24) is 14.8 Å². The molecule has 0 spiro atoms. The number of carbonyl (C=O) groups excluding carboxylic acids is 2. The number of carbonyl (C=O) groups is 2. The van der Waals surface area contributed by atoms with E-state index in [4.69, 9.17) is 5.73 Å². The number of rotatable bonds is 7. The second-order valence-corrected chi connectivity index (χ2v) is 8.05. The van der Waals surface area contributed by atoms with Crippen molar-refractivity contribution in [3.63, 3.8) is 0 Å². The molecule has 9 heteroatoms. The van der Waals surface area contributed by atoms with E-state index in [9.17, 15) is 9.59 Å². The summed E-state index contributed by atoms with van der Waals surface area (Å²) in [6, 6.07) is 10.9. The number of primary amides is 1. The van der Waals surface area contributed by atoms with Crippen LogP contribution in [0.15, 0.2) is 46.9 Å². The van der Waals surface area contributed by atoms with Crippen molar-refractivity contribution in [2.75, 3.05) is 11.1 Å². The molecule has 0 unspecified atom stereocenters. The van der Waals surface area contributed by atoms with Gasteiger partial charge in [-0.25, -0.2) is 0 Å². The first-order valence-corrected chi connectivity index (χ1v) is 10.3. The summed E-state index contributed by atoms with van der Waals surface area (Å²) in [7, 11) is 0. The van der Waals surface area contributed by atoms with Gasteiger partial charge in [0.05, 0.1) is 10.6 Å². The molecule has 0 radical (unpaired) electrons. The monoisotopic (exact) mass is 399 g/mol. The normalized spacial score (nSPS) is 13.5. The Morgan fingerprint density at radius 3 is 2.63 bits per heavy atom. The minimum absolute atomic E-state index is 0.144. The van der Waals surface area contributed by atoms with Gasteiger partial charge in [-0.05, 0) is 48.6 Å². The van der Waals surface area contributed by atoms with Gasteiger partial charge in [0.2, 0.25) is 11.8 Å². The molecule has 7 nitrogen and oxygen atoms in total. The van der Waals surface area contributed by atoms with Crippen molar-refractivity contribution in [3.05, 3.63) is 47.3 Å². The highest BCUT2D eigenvalue weighted by Gasteiger charge is 2.30. The van der Waals surface area contributed by atoms with E-state index >= 15 is 0 Å². The van der Waals surface area contributed by atoms with Crippen molar-refractivity contribution in [1.29, 1.82) is 0 Å². The number of anilines is 1. The number of hydrogen-bond donors (Lipinski definition) is 2. The first-order chi connectivity index (χ1) is 13.1. The van der Waals surface area contributed by atoms with Gasteiger partial charge >= 0.3 is 0 Å². The lowest BCUT2D eigenvalue weighted by Gasteiger charge is -2.08. The van der Waals surface area contributed by atoms with Crippen molar-refractivity contribution in [2.45, 2.75) is 24.0 Å². The highest BCUT2D eigenvalue weighted by molar-refractivity contribution is 7.99. The fourth-order valence-electron chi connectivity index (χ4n) is 2.66. The topological polar surface area (TPSA) is 103 Å². The second-order valence-electron chi connectivity index (χ2n) is 6.16. The summed E-state index contributed by atoms with van der Waals surface area (Å²) in [6.45, 7) is 0. The predicted octanol–water partition coefficient (Wildman–Crippen LogP) is 3.17. The molecule has 1 aliphatic rings. The smallest absolute Gasteiger partial charge is 0.248 e. The van der Waals surface area contributed by atoms with Crippen molar-refractivity contribution >= 4 is 40.6 Å². The maximum atomic E-state index is 12.3. The number of hydrogen-bond acceptors (Lipinski definition) is 6. The molecule has 2 aromatic heterocycles. The van der Waals surface area contributed by atoms with Crippen molar-refractivity contribution in [3.8, 4) is 10.7 Å². The Bertz CT molecular complexity index is 962. The molecular weight excluding hydrogens is 382 g/mol. The van der Waals surface area contributed by atoms with Crippen molar-refractivity contribution < 1.29 is 9.59 Å². The van der Waals surface area contributed by atoms with E-state index < -0.39 is 5.91 Å². The maximum absolute atomic E-state index is 12.3. The molecule has 1 aliphatic carbocycles. The summed E-state index contributed by atoms with van der Waals surface area (Å²) in [4.78, 5) is 24.4. The molecule has 3 N–H and O–H groups in total. The zero-order valence-corrected chi connectivity index (χ0v) is 15.9. The molecular formula is C18H17N5O2S2. The summed E-state index contributed by atoms with van der Waals surface area (Å²) in [6.07, 6.45) is 2.23. The zero-order chi connectivity index (χ0) is 18.8. The molecule has 1 aromatic carbocycles. The van der Waals surface area contributed by atoms with E-state index in [1.807, 2.05) is 17.5 Å². The molecule has 1 fully saturated rings. The van der Waals surface area contributed by atoms with Gasteiger partial charge in [0.1, 0.15) is 0 Å². The number of nitrogens with one attached hydrogen (secondary N) is 1. The number of nitrogens with two attached hydrogens (primary N) is 1. The molecule has 3 aromatic rings. The average molecular weight is 400 g/mol. The highest BCUT2D eigenvalue weighted by Crippen LogP contribution is 2.41. The van der Waals surface area contributed by atoms with Crippen LogP contribution in [0.25, 0.3) is 10.7 Å². The standard InChI is InChI=1S/C18H17N5O2S2/c19-16(25)11-3-5-12(6-4-11)20-15(24)10-27-18-22-21-17(14-2-1-9-26-14)23(18)13-7-8-13/h1-6,9,13H,7-8,10H2,(H2,19,25)(H,20,24). The second kappa shape index (κ2) is 7.53. The van der Waals surface area contributed by atoms with Crippen LogP contribution in [0.4, 0.5) is 5.69 Å². The number of nitrogens with zero attached hydrogens (tertiary/aromatic N) is 3. The van der Waals surface area contributed by atoms with Gasteiger partial charge in [-0.15, -0.1) is 21.5 Å². The van der Waals surface area contributed by atoms with Crippen LogP contribution in [0.3, 0.4) is 0 Å². The first-order valence-electron chi connectivity index (χ1n) is 8.43. The van der Waals surface area contributed by atoms with Crippen LogP contribution in [-0.2, 0) is 4.79 Å². The number of aromatic nitrogens is 3.